The van der Waals surface area contributed by atoms with E-state index in [0.717, 1.165) is 50.0 Å². The van der Waals surface area contributed by atoms with Gasteiger partial charge in [-0.2, -0.15) is 0 Å². The summed E-state index contributed by atoms with van der Waals surface area (Å²) in [7, 11) is 1.74. The monoisotopic (exact) mass is 346 g/mol. The molecular weight excluding hydrogens is 316 g/mol. The normalized spacial score (nSPS) is 11.0. The number of hydrogen-bond donors (Lipinski definition) is 2. The Morgan fingerprint density at radius 2 is 2.00 bits per heavy atom. The zero-order valence-electron chi connectivity index (χ0n) is 15.4. The number of ether oxygens (including phenoxy) is 2. The molecule has 0 unspecified atom stereocenters. The summed E-state index contributed by atoms with van der Waals surface area (Å²) in [6, 6.07) is 6.18. The number of carbonyl (C=O) groups excluding carboxylic acids is 1. The van der Waals surface area contributed by atoms with Gasteiger partial charge in [0.25, 0.3) is 0 Å². The second-order valence-corrected chi connectivity index (χ2v) is 6.23. The van der Waals surface area contributed by atoms with E-state index in [1.807, 2.05) is 13.0 Å². The lowest BCUT2D eigenvalue weighted by Crippen LogP contribution is -2.22. The summed E-state index contributed by atoms with van der Waals surface area (Å²) >= 11 is 0. The Bertz CT molecular complexity index is 651. The molecule has 0 aliphatic rings. The van der Waals surface area contributed by atoms with Gasteiger partial charge in [0.1, 0.15) is 5.75 Å². The number of H-pyrrole nitrogens is 1. The van der Waals surface area contributed by atoms with E-state index in [4.69, 9.17) is 9.47 Å². The Hall–Kier alpha value is -2.01. The maximum absolute atomic E-state index is 11.4. The molecule has 0 radical (unpaired) electrons. The number of fused-ring (bicyclic) bond motifs is 1. The van der Waals surface area contributed by atoms with Gasteiger partial charge in [0.2, 0.25) is 5.91 Å². The molecule has 2 aromatic rings. The van der Waals surface area contributed by atoms with Crippen molar-refractivity contribution in [3.8, 4) is 5.75 Å². The van der Waals surface area contributed by atoms with Crippen LogP contribution in [-0.2, 0) is 16.0 Å². The lowest BCUT2D eigenvalue weighted by Gasteiger charge is -2.07. The summed E-state index contributed by atoms with van der Waals surface area (Å²) in [5.74, 6) is 1.01. The predicted octanol–water partition coefficient (Wildman–Crippen LogP) is 3.82. The van der Waals surface area contributed by atoms with Crippen molar-refractivity contribution in [1.82, 2.24) is 10.3 Å². The Balaban J connectivity index is 1.80. The highest BCUT2D eigenvalue weighted by Gasteiger charge is 2.06. The maximum atomic E-state index is 11.4. The summed E-state index contributed by atoms with van der Waals surface area (Å²) in [6.45, 7) is 4.08. The third-order valence-corrected chi connectivity index (χ3v) is 4.22. The summed E-state index contributed by atoms with van der Waals surface area (Å²) in [6.07, 6.45) is 7.62. The molecule has 0 bridgehead atoms. The molecule has 25 heavy (non-hydrogen) atoms. The van der Waals surface area contributed by atoms with Gasteiger partial charge in [0.15, 0.2) is 0 Å². The summed E-state index contributed by atoms with van der Waals surface area (Å²) in [5, 5.41) is 4.04. The predicted molar refractivity (Wildman–Crippen MR) is 101 cm³/mol. The molecule has 2 N–H and O–H groups in total. The van der Waals surface area contributed by atoms with Crippen LogP contribution in [0.5, 0.6) is 5.75 Å². The first kappa shape index (κ1) is 19.3. The van der Waals surface area contributed by atoms with Crippen molar-refractivity contribution in [2.24, 2.45) is 0 Å². The third kappa shape index (κ3) is 6.42. The number of hydrogen-bond acceptors (Lipinski definition) is 3. The summed E-state index contributed by atoms with van der Waals surface area (Å²) in [5.41, 5.74) is 2.47. The molecule has 138 valence electrons. The van der Waals surface area contributed by atoms with E-state index in [0.29, 0.717) is 19.6 Å². The fourth-order valence-corrected chi connectivity index (χ4v) is 2.88. The SMILES string of the molecule is CCNC(=O)CCCCOc1ccc2[nH]cc(CCCCOC)c2c1. The van der Waals surface area contributed by atoms with E-state index in [2.05, 4.69) is 28.6 Å². The van der Waals surface area contributed by atoms with Gasteiger partial charge < -0.3 is 19.8 Å². The minimum atomic E-state index is 0.120. The van der Waals surface area contributed by atoms with Crippen molar-refractivity contribution >= 4 is 16.8 Å². The van der Waals surface area contributed by atoms with Crippen LogP contribution in [0.15, 0.2) is 24.4 Å². The second-order valence-electron chi connectivity index (χ2n) is 6.23. The number of aromatic nitrogens is 1. The van der Waals surface area contributed by atoms with Crippen LogP contribution in [0, 0.1) is 0 Å². The molecular formula is C20H30N2O3. The molecule has 1 heterocycles. The van der Waals surface area contributed by atoms with Crippen LogP contribution in [-0.4, -0.2) is 37.8 Å². The maximum Gasteiger partial charge on any atom is 0.219 e. The van der Waals surface area contributed by atoms with Crippen molar-refractivity contribution in [2.75, 3.05) is 26.9 Å². The average Bonchev–Trinajstić information content (AvgIpc) is 3.01. The fourth-order valence-electron chi connectivity index (χ4n) is 2.88. The topological polar surface area (TPSA) is 63.3 Å². The fraction of sp³-hybridized carbons (Fsp3) is 0.550. The molecule has 5 heteroatoms. The highest BCUT2D eigenvalue weighted by atomic mass is 16.5. The minimum Gasteiger partial charge on any atom is -0.494 e. The second kappa shape index (κ2) is 10.8. The number of amides is 1. The smallest absolute Gasteiger partial charge is 0.219 e. The van der Waals surface area contributed by atoms with Crippen LogP contribution in [0.4, 0.5) is 0 Å². The lowest BCUT2D eigenvalue weighted by atomic mass is 10.1. The molecule has 5 nitrogen and oxygen atoms in total. The average molecular weight is 346 g/mol. The van der Waals surface area contributed by atoms with Crippen LogP contribution in [0.2, 0.25) is 0 Å². The number of aryl methyl sites for hydroxylation is 1. The van der Waals surface area contributed by atoms with Gasteiger partial charge in [-0.15, -0.1) is 0 Å². The molecule has 2 rings (SSSR count). The number of nitrogens with one attached hydrogen (secondary N) is 2. The van der Waals surface area contributed by atoms with Gasteiger partial charge >= 0.3 is 0 Å². The Labute approximate surface area is 150 Å². The third-order valence-electron chi connectivity index (χ3n) is 4.22. The van der Waals surface area contributed by atoms with E-state index in [9.17, 15) is 4.79 Å². The number of unbranched alkanes of at least 4 members (excludes halogenated alkanes) is 2. The van der Waals surface area contributed by atoms with Crippen LogP contribution in [0.3, 0.4) is 0 Å². The molecule has 0 aliphatic carbocycles. The first-order valence-electron chi connectivity index (χ1n) is 9.23. The van der Waals surface area contributed by atoms with Crippen molar-refractivity contribution in [3.05, 3.63) is 30.0 Å². The molecule has 1 aromatic heterocycles. The Kier molecular flexibility index (Phi) is 8.32. The van der Waals surface area contributed by atoms with Crippen molar-refractivity contribution in [1.29, 1.82) is 0 Å². The van der Waals surface area contributed by atoms with Gasteiger partial charge in [-0.25, -0.2) is 0 Å². The van der Waals surface area contributed by atoms with Gasteiger partial charge in [-0.3, -0.25) is 4.79 Å². The van der Waals surface area contributed by atoms with Crippen molar-refractivity contribution in [3.63, 3.8) is 0 Å². The Morgan fingerprint density at radius 3 is 2.80 bits per heavy atom. The van der Waals surface area contributed by atoms with Crippen LogP contribution >= 0.6 is 0 Å². The molecule has 0 saturated carbocycles. The molecule has 0 aliphatic heterocycles. The molecule has 1 aromatic carbocycles. The van der Waals surface area contributed by atoms with Crippen LogP contribution < -0.4 is 10.1 Å². The van der Waals surface area contributed by atoms with E-state index < -0.39 is 0 Å². The van der Waals surface area contributed by atoms with E-state index in [-0.39, 0.29) is 5.91 Å². The number of methoxy groups -OCH3 is 1. The van der Waals surface area contributed by atoms with Crippen molar-refractivity contribution in [2.45, 2.75) is 45.4 Å². The van der Waals surface area contributed by atoms with Crippen LogP contribution in [0.25, 0.3) is 10.9 Å². The quantitative estimate of drug-likeness (QED) is 0.574. The van der Waals surface area contributed by atoms with Gasteiger partial charge in [0, 0.05) is 43.8 Å². The van der Waals surface area contributed by atoms with Crippen molar-refractivity contribution < 1.29 is 14.3 Å². The Morgan fingerprint density at radius 1 is 1.16 bits per heavy atom. The first-order chi connectivity index (χ1) is 12.2. The highest BCUT2D eigenvalue weighted by Crippen LogP contribution is 2.25. The zero-order valence-corrected chi connectivity index (χ0v) is 15.4. The first-order valence-corrected chi connectivity index (χ1v) is 9.23. The molecule has 0 saturated heterocycles. The number of rotatable bonds is 12. The largest absolute Gasteiger partial charge is 0.494 e. The van der Waals surface area contributed by atoms with E-state index in [1.165, 1.54) is 10.9 Å². The number of aromatic amines is 1. The molecule has 0 fully saturated rings. The lowest BCUT2D eigenvalue weighted by molar-refractivity contribution is -0.121. The van der Waals surface area contributed by atoms with Crippen LogP contribution in [0.1, 0.15) is 44.6 Å². The molecule has 0 atom stereocenters. The highest BCUT2D eigenvalue weighted by molar-refractivity contribution is 5.84. The van der Waals surface area contributed by atoms with E-state index >= 15 is 0 Å². The molecule has 0 spiro atoms. The summed E-state index contributed by atoms with van der Waals surface area (Å²) < 4.78 is 11.0. The molecule has 1 amide bonds. The zero-order chi connectivity index (χ0) is 17.9. The summed E-state index contributed by atoms with van der Waals surface area (Å²) in [4.78, 5) is 14.7. The standard InChI is InChI=1S/C20H30N2O3/c1-3-21-20(23)9-5-7-13-25-17-10-11-19-18(14-17)16(15-22-19)8-4-6-12-24-2/h10-11,14-15,22H,3-9,12-13H2,1-2H3,(H,21,23). The van der Waals surface area contributed by atoms with Gasteiger partial charge in [-0.1, -0.05) is 0 Å². The minimum absolute atomic E-state index is 0.120. The van der Waals surface area contributed by atoms with Gasteiger partial charge in [0.05, 0.1) is 6.61 Å². The number of benzene rings is 1. The number of carbonyl (C=O) groups is 1. The van der Waals surface area contributed by atoms with Gasteiger partial charge in [-0.05, 0) is 62.8 Å². The van der Waals surface area contributed by atoms with E-state index in [1.54, 1.807) is 7.11 Å².